The molecule has 146 valence electrons. The topological polar surface area (TPSA) is 55.6 Å². The predicted molar refractivity (Wildman–Crippen MR) is 108 cm³/mol. The highest BCUT2D eigenvalue weighted by Gasteiger charge is 2.32. The Morgan fingerprint density at radius 3 is 2.50 bits per heavy atom. The minimum Gasteiger partial charge on any atom is -0.381 e. The Labute approximate surface area is 171 Å². The molecule has 2 N–H and O–H groups in total. The molecule has 0 spiro atoms. The van der Waals surface area contributed by atoms with Crippen molar-refractivity contribution < 1.29 is 9.53 Å². The Morgan fingerprint density at radius 2 is 1.85 bits per heavy atom. The number of piperidine rings is 1. The lowest BCUT2D eigenvalue weighted by molar-refractivity contribution is -0.136. The van der Waals surface area contributed by atoms with Gasteiger partial charge in [0, 0.05) is 36.3 Å². The third kappa shape index (κ3) is 5.49. The number of carbonyl (C=O) groups excluding carboxylic acids is 1. The van der Waals surface area contributed by atoms with Crippen LogP contribution in [0.25, 0.3) is 0 Å². The fourth-order valence-electron chi connectivity index (χ4n) is 3.86. The van der Waals surface area contributed by atoms with Gasteiger partial charge in [-0.05, 0) is 67.7 Å². The molecule has 0 radical (unpaired) electrons. The molecule has 1 unspecified atom stereocenters. The van der Waals surface area contributed by atoms with Crippen molar-refractivity contribution in [1.29, 1.82) is 0 Å². The molecule has 26 heavy (non-hydrogen) atoms. The number of hydrogen-bond acceptors (Lipinski definition) is 3. The van der Waals surface area contributed by atoms with Gasteiger partial charge in [-0.1, -0.05) is 23.2 Å². The Kier molecular flexibility index (Phi) is 8.49. The monoisotopic (exact) mass is 420 g/mol. The smallest absolute Gasteiger partial charge is 0.239 e. The van der Waals surface area contributed by atoms with E-state index in [0.717, 1.165) is 60.8 Å². The van der Waals surface area contributed by atoms with Crippen LogP contribution in [0.4, 0.5) is 0 Å². The normalized spacial score (nSPS) is 20.5. The number of nitrogens with zero attached hydrogens (tertiary/aromatic N) is 1. The molecule has 0 bridgehead atoms. The molecule has 2 heterocycles. The van der Waals surface area contributed by atoms with Crippen LogP contribution < -0.4 is 5.73 Å². The van der Waals surface area contributed by atoms with Gasteiger partial charge in [0.15, 0.2) is 0 Å². The van der Waals surface area contributed by atoms with E-state index >= 15 is 0 Å². The standard InChI is InChI=1S/C19H26Cl2N2O2.ClH/c20-16-1-2-17(21)15(12-16)11-13-3-7-23(8-4-13)19(24)18(22)14-5-9-25-10-6-14;/h1-2,12-14,18H,3-11,22H2;1H. The first-order valence-corrected chi connectivity index (χ1v) is 9.86. The van der Waals surface area contributed by atoms with Gasteiger partial charge in [0.25, 0.3) is 0 Å². The number of halogens is 3. The molecule has 1 atom stereocenters. The zero-order valence-corrected chi connectivity index (χ0v) is 17.2. The van der Waals surface area contributed by atoms with Crippen LogP contribution in [-0.2, 0) is 16.0 Å². The summed E-state index contributed by atoms with van der Waals surface area (Å²) in [7, 11) is 0. The van der Waals surface area contributed by atoms with Gasteiger partial charge < -0.3 is 15.4 Å². The maximum atomic E-state index is 12.7. The average Bonchev–Trinajstić information content (AvgIpc) is 2.65. The van der Waals surface area contributed by atoms with E-state index in [0.29, 0.717) is 19.1 Å². The molecule has 2 aliphatic rings. The fourth-order valence-corrected chi connectivity index (χ4v) is 4.25. The van der Waals surface area contributed by atoms with Crippen LogP contribution in [0.1, 0.15) is 31.2 Å². The number of rotatable bonds is 4. The number of amides is 1. The van der Waals surface area contributed by atoms with Crippen LogP contribution in [0.3, 0.4) is 0 Å². The van der Waals surface area contributed by atoms with Crippen molar-refractivity contribution in [3.63, 3.8) is 0 Å². The van der Waals surface area contributed by atoms with E-state index in [-0.39, 0.29) is 30.3 Å². The van der Waals surface area contributed by atoms with Crippen LogP contribution in [0.5, 0.6) is 0 Å². The van der Waals surface area contributed by atoms with E-state index < -0.39 is 0 Å². The molecule has 2 fully saturated rings. The zero-order valence-electron chi connectivity index (χ0n) is 14.8. The largest absolute Gasteiger partial charge is 0.381 e. The maximum absolute atomic E-state index is 12.7. The molecule has 7 heteroatoms. The lowest BCUT2D eigenvalue weighted by Crippen LogP contribution is -2.51. The van der Waals surface area contributed by atoms with Gasteiger partial charge in [-0.3, -0.25) is 4.79 Å². The fraction of sp³-hybridized carbons (Fsp3) is 0.632. The highest BCUT2D eigenvalue weighted by atomic mass is 35.5. The summed E-state index contributed by atoms with van der Waals surface area (Å²) in [5.41, 5.74) is 7.33. The molecule has 2 aliphatic heterocycles. The van der Waals surface area contributed by atoms with Crippen molar-refractivity contribution in [2.24, 2.45) is 17.6 Å². The summed E-state index contributed by atoms with van der Waals surface area (Å²) >= 11 is 12.3. The van der Waals surface area contributed by atoms with Crippen molar-refractivity contribution in [2.75, 3.05) is 26.3 Å². The second-order valence-electron chi connectivity index (χ2n) is 7.18. The minimum atomic E-state index is -0.386. The van der Waals surface area contributed by atoms with E-state index in [2.05, 4.69) is 0 Å². The lowest BCUT2D eigenvalue weighted by atomic mass is 9.88. The SMILES string of the molecule is Cl.NC(C(=O)N1CCC(Cc2cc(Cl)ccc2Cl)CC1)C1CCOCC1. The average molecular weight is 422 g/mol. The molecule has 3 rings (SSSR count). The predicted octanol–water partition coefficient (Wildman–Crippen LogP) is 3.95. The summed E-state index contributed by atoms with van der Waals surface area (Å²) in [6.45, 7) is 2.99. The van der Waals surface area contributed by atoms with Gasteiger partial charge in [0.1, 0.15) is 0 Å². The van der Waals surface area contributed by atoms with E-state index in [1.807, 2.05) is 23.1 Å². The van der Waals surface area contributed by atoms with E-state index in [1.54, 1.807) is 0 Å². The van der Waals surface area contributed by atoms with Gasteiger partial charge in [-0.15, -0.1) is 12.4 Å². The number of nitrogens with two attached hydrogens (primary N) is 1. The third-order valence-electron chi connectivity index (χ3n) is 5.50. The van der Waals surface area contributed by atoms with Crippen LogP contribution >= 0.6 is 35.6 Å². The van der Waals surface area contributed by atoms with Crippen LogP contribution in [0, 0.1) is 11.8 Å². The molecule has 1 amide bonds. The number of hydrogen-bond donors (Lipinski definition) is 1. The molecule has 1 aromatic rings. The van der Waals surface area contributed by atoms with Crippen molar-refractivity contribution in [2.45, 2.75) is 38.1 Å². The van der Waals surface area contributed by atoms with Gasteiger partial charge in [0.05, 0.1) is 6.04 Å². The van der Waals surface area contributed by atoms with Crippen LogP contribution in [0.15, 0.2) is 18.2 Å². The number of benzene rings is 1. The number of carbonyl (C=O) groups is 1. The summed E-state index contributed by atoms with van der Waals surface area (Å²) in [5, 5.41) is 1.49. The molecule has 4 nitrogen and oxygen atoms in total. The molecular formula is C19H27Cl3N2O2. The summed E-state index contributed by atoms with van der Waals surface area (Å²) in [4.78, 5) is 14.6. The summed E-state index contributed by atoms with van der Waals surface area (Å²) in [6.07, 6.45) is 4.64. The van der Waals surface area contributed by atoms with Crippen molar-refractivity contribution >= 4 is 41.5 Å². The van der Waals surface area contributed by atoms with Gasteiger partial charge in [0.2, 0.25) is 5.91 Å². The highest BCUT2D eigenvalue weighted by Crippen LogP contribution is 2.28. The Balaban J connectivity index is 0.00000243. The van der Waals surface area contributed by atoms with Crippen LogP contribution in [0.2, 0.25) is 10.0 Å². The number of ether oxygens (including phenoxy) is 1. The second kappa shape index (κ2) is 10.1. The van der Waals surface area contributed by atoms with Gasteiger partial charge >= 0.3 is 0 Å². The first-order valence-electron chi connectivity index (χ1n) is 9.10. The Hall–Kier alpha value is -0.520. The molecule has 0 aliphatic carbocycles. The quantitative estimate of drug-likeness (QED) is 0.801. The molecule has 2 saturated heterocycles. The van der Waals surface area contributed by atoms with E-state index in [1.165, 1.54) is 0 Å². The van der Waals surface area contributed by atoms with Gasteiger partial charge in [-0.25, -0.2) is 0 Å². The zero-order chi connectivity index (χ0) is 17.8. The molecular weight excluding hydrogens is 395 g/mol. The van der Waals surface area contributed by atoms with Gasteiger partial charge in [-0.2, -0.15) is 0 Å². The first kappa shape index (κ1) is 21.8. The number of likely N-dealkylation sites (tertiary alicyclic amines) is 1. The Morgan fingerprint density at radius 1 is 1.19 bits per heavy atom. The minimum absolute atomic E-state index is 0. The van der Waals surface area contributed by atoms with Crippen molar-refractivity contribution in [3.05, 3.63) is 33.8 Å². The van der Waals surface area contributed by atoms with E-state index in [4.69, 9.17) is 33.7 Å². The van der Waals surface area contributed by atoms with Crippen molar-refractivity contribution in [3.8, 4) is 0 Å². The maximum Gasteiger partial charge on any atom is 0.239 e. The van der Waals surface area contributed by atoms with Crippen LogP contribution in [-0.4, -0.2) is 43.2 Å². The lowest BCUT2D eigenvalue weighted by Gasteiger charge is -2.36. The van der Waals surface area contributed by atoms with Crippen molar-refractivity contribution in [1.82, 2.24) is 4.90 Å². The second-order valence-corrected chi connectivity index (χ2v) is 8.03. The third-order valence-corrected chi connectivity index (χ3v) is 6.11. The molecule has 0 aromatic heterocycles. The summed E-state index contributed by atoms with van der Waals surface area (Å²) in [5.74, 6) is 0.884. The molecule has 0 saturated carbocycles. The Bertz CT molecular complexity index is 600. The first-order chi connectivity index (χ1) is 12.0. The summed E-state index contributed by atoms with van der Waals surface area (Å²) < 4.78 is 5.36. The molecule has 1 aromatic carbocycles. The van der Waals surface area contributed by atoms with E-state index in [9.17, 15) is 4.79 Å². The summed E-state index contributed by atoms with van der Waals surface area (Å²) in [6, 6.07) is 5.22. The highest BCUT2D eigenvalue weighted by molar-refractivity contribution is 6.33.